The number of amides is 1. The van der Waals surface area contributed by atoms with Gasteiger partial charge in [0.15, 0.2) is 0 Å². The van der Waals surface area contributed by atoms with Gasteiger partial charge in [0.1, 0.15) is 18.7 Å². The van der Waals surface area contributed by atoms with Crippen LogP contribution in [0.15, 0.2) is 12.7 Å². The first-order valence-corrected chi connectivity index (χ1v) is 6.05. The van der Waals surface area contributed by atoms with Crippen molar-refractivity contribution in [3.63, 3.8) is 0 Å². The number of aromatic nitrogens is 3. The average molecular weight is 237 g/mol. The van der Waals surface area contributed by atoms with E-state index >= 15 is 0 Å². The van der Waals surface area contributed by atoms with Gasteiger partial charge in [-0.05, 0) is 32.2 Å². The van der Waals surface area contributed by atoms with Gasteiger partial charge in [-0.3, -0.25) is 4.79 Å². The second-order valence-electron chi connectivity index (χ2n) is 4.58. The first-order valence-electron chi connectivity index (χ1n) is 6.05. The molecule has 2 heterocycles. The second kappa shape index (κ2) is 5.27. The molecular formula is C11H19N5O. The largest absolute Gasteiger partial charge is 0.341 e. The normalized spacial score (nSPS) is 22.5. The lowest BCUT2D eigenvalue weighted by Crippen LogP contribution is -2.44. The smallest absolute Gasteiger partial charge is 0.247 e. The number of rotatable bonds is 3. The van der Waals surface area contributed by atoms with Gasteiger partial charge in [-0.15, -0.1) is 0 Å². The molecular weight excluding hydrogens is 218 g/mol. The van der Waals surface area contributed by atoms with Crippen LogP contribution < -0.4 is 5.73 Å². The Kier molecular flexibility index (Phi) is 3.73. The SMILES string of the molecule is CC(C(=O)N1CCCC(CN)C1)n1cncn1. The molecule has 2 rings (SSSR count). The van der Waals surface area contributed by atoms with Gasteiger partial charge >= 0.3 is 0 Å². The van der Waals surface area contributed by atoms with E-state index in [2.05, 4.69) is 10.1 Å². The zero-order valence-corrected chi connectivity index (χ0v) is 10.1. The quantitative estimate of drug-likeness (QED) is 0.805. The Morgan fingerprint density at radius 2 is 2.47 bits per heavy atom. The number of hydrogen-bond acceptors (Lipinski definition) is 4. The number of nitrogens with two attached hydrogens (primary N) is 1. The summed E-state index contributed by atoms with van der Waals surface area (Å²) in [5.74, 6) is 0.546. The van der Waals surface area contributed by atoms with Gasteiger partial charge in [0.2, 0.25) is 5.91 Å². The van der Waals surface area contributed by atoms with Gasteiger partial charge in [0.25, 0.3) is 0 Å². The van der Waals surface area contributed by atoms with E-state index < -0.39 is 0 Å². The minimum Gasteiger partial charge on any atom is -0.341 e. The third kappa shape index (κ3) is 2.63. The first-order chi connectivity index (χ1) is 8.22. The van der Waals surface area contributed by atoms with Crippen molar-refractivity contribution in [2.24, 2.45) is 11.7 Å². The second-order valence-corrected chi connectivity index (χ2v) is 4.58. The highest BCUT2D eigenvalue weighted by Gasteiger charge is 2.27. The van der Waals surface area contributed by atoms with Crippen molar-refractivity contribution in [3.05, 3.63) is 12.7 Å². The summed E-state index contributed by atoms with van der Waals surface area (Å²) in [6, 6.07) is -0.283. The first kappa shape index (κ1) is 12.0. The molecule has 94 valence electrons. The fourth-order valence-electron chi connectivity index (χ4n) is 2.25. The number of piperidine rings is 1. The van der Waals surface area contributed by atoms with E-state index in [4.69, 9.17) is 5.73 Å². The van der Waals surface area contributed by atoms with Crippen molar-refractivity contribution in [3.8, 4) is 0 Å². The average Bonchev–Trinajstić information content (AvgIpc) is 2.91. The van der Waals surface area contributed by atoms with Crippen LogP contribution in [0.2, 0.25) is 0 Å². The number of carbonyl (C=O) groups excluding carboxylic acids is 1. The Morgan fingerprint density at radius 3 is 3.12 bits per heavy atom. The lowest BCUT2D eigenvalue weighted by molar-refractivity contribution is -0.136. The molecule has 2 unspecified atom stereocenters. The summed E-state index contributed by atoms with van der Waals surface area (Å²) in [4.78, 5) is 18.0. The number of nitrogens with zero attached hydrogens (tertiary/aromatic N) is 4. The summed E-state index contributed by atoms with van der Waals surface area (Å²) >= 11 is 0. The molecule has 1 saturated heterocycles. The molecule has 2 N–H and O–H groups in total. The summed E-state index contributed by atoms with van der Waals surface area (Å²) in [5, 5.41) is 4.00. The molecule has 6 heteroatoms. The molecule has 2 atom stereocenters. The monoisotopic (exact) mass is 237 g/mol. The molecule has 0 aromatic carbocycles. The third-order valence-electron chi connectivity index (χ3n) is 3.35. The maximum atomic E-state index is 12.3. The Morgan fingerprint density at radius 1 is 1.65 bits per heavy atom. The third-order valence-corrected chi connectivity index (χ3v) is 3.35. The van der Waals surface area contributed by atoms with Crippen LogP contribution in [-0.4, -0.2) is 45.2 Å². The van der Waals surface area contributed by atoms with E-state index in [0.717, 1.165) is 25.9 Å². The standard InChI is InChI=1S/C11H19N5O/c1-9(16-8-13-7-14-16)11(17)15-4-2-3-10(5-12)6-15/h7-10H,2-6,12H2,1H3. The van der Waals surface area contributed by atoms with Gasteiger partial charge in [-0.25, -0.2) is 9.67 Å². The van der Waals surface area contributed by atoms with Crippen LogP contribution in [-0.2, 0) is 4.79 Å². The van der Waals surface area contributed by atoms with Crippen molar-refractivity contribution in [2.75, 3.05) is 19.6 Å². The minimum absolute atomic E-state index is 0.105. The van der Waals surface area contributed by atoms with E-state index in [0.29, 0.717) is 12.5 Å². The maximum Gasteiger partial charge on any atom is 0.247 e. The fourth-order valence-corrected chi connectivity index (χ4v) is 2.25. The van der Waals surface area contributed by atoms with Crippen molar-refractivity contribution in [2.45, 2.75) is 25.8 Å². The lowest BCUT2D eigenvalue weighted by atomic mass is 9.98. The molecule has 6 nitrogen and oxygen atoms in total. The molecule has 0 radical (unpaired) electrons. The highest BCUT2D eigenvalue weighted by Crippen LogP contribution is 2.18. The zero-order valence-electron chi connectivity index (χ0n) is 10.1. The van der Waals surface area contributed by atoms with Crippen LogP contribution in [0.4, 0.5) is 0 Å². The molecule has 0 spiro atoms. The predicted octanol–water partition coefficient (Wildman–Crippen LogP) is 0.0364. The van der Waals surface area contributed by atoms with Crippen LogP contribution in [0, 0.1) is 5.92 Å². The van der Waals surface area contributed by atoms with Crippen LogP contribution in [0.3, 0.4) is 0 Å². The Labute approximate surface area is 101 Å². The molecule has 1 amide bonds. The van der Waals surface area contributed by atoms with Gasteiger partial charge in [-0.2, -0.15) is 5.10 Å². The predicted molar refractivity (Wildman–Crippen MR) is 63.1 cm³/mol. The number of likely N-dealkylation sites (tertiary alicyclic amines) is 1. The fraction of sp³-hybridized carbons (Fsp3) is 0.727. The van der Waals surface area contributed by atoms with Crippen LogP contribution in [0.25, 0.3) is 0 Å². The summed E-state index contributed by atoms with van der Waals surface area (Å²) in [6.45, 7) is 4.10. The van der Waals surface area contributed by atoms with E-state index in [1.165, 1.54) is 6.33 Å². The molecule has 17 heavy (non-hydrogen) atoms. The molecule has 1 aromatic heterocycles. The van der Waals surface area contributed by atoms with Gasteiger partial charge in [-0.1, -0.05) is 0 Å². The van der Waals surface area contributed by atoms with Crippen molar-refractivity contribution >= 4 is 5.91 Å². The molecule has 0 saturated carbocycles. The topological polar surface area (TPSA) is 77.0 Å². The van der Waals surface area contributed by atoms with Crippen molar-refractivity contribution in [1.29, 1.82) is 0 Å². The van der Waals surface area contributed by atoms with Crippen molar-refractivity contribution in [1.82, 2.24) is 19.7 Å². The van der Waals surface area contributed by atoms with E-state index in [9.17, 15) is 4.79 Å². The molecule has 0 aliphatic carbocycles. The Balaban J connectivity index is 1.99. The molecule has 1 aromatic rings. The van der Waals surface area contributed by atoms with E-state index in [1.807, 2.05) is 11.8 Å². The Hall–Kier alpha value is -1.43. The van der Waals surface area contributed by atoms with Crippen LogP contribution >= 0.6 is 0 Å². The highest BCUT2D eigenvalue weighted by atomic mass is 16.2. The van der Waals surface area contributed by atoms with E-state index in [-0.39, 0.29) is 11.9 Å². The van der Waals surface area contributed by atoms with Gasteiger partial charge in [0, 0.05) is 13.1 Å². The molecule has 1 aliphatic heterocycles. The zero-order chi connectivity index (χ0) is 12.3. The van der Waals surface area contributed by atoms with Gasteiger partial charge in [0.05, 0.1) is 0 Å². The Bertz CT molecular complexity index is 364. The molecule has 1 fully saturated rings. The summed E-state index contributed by atoms with van der Waals surface area (Å²) < 4.78 is 1.59. The van der Waals surface area contributed by atoms with Crippen molar-refractivity contribution < 1.29 is 4.79 Å². The summed E-state index contributed by atoms with van der Waals surface area (Å²) in [6.07, 6.45) is 5.19. The number of carbonyl (C=O) groups is 1. The van der Waals surface area contributed by atoms with E-state index in [1.54, 1.807) is 11.0 Å². The minimum atomic E-state index is -0.283. The highest BCUT2D eigenvalue weighted by molar-refractivity contribution is 5.80. The lowest BCUT2D eigenvalue weighted by Gasteiger charge is -2.33. The molecule has 0 bridgehead atoms. The summed E-state index contributed by atoms with van der Waals surface area (Å²) in [7, 11) is 0. The van der Waals surface area contributed by atoms with Crippen LogP contribution in [0.1, 0.15) is 25.8 Å². The van der Waals surface area contributed by atoms with Gasteiger partial charge < -0.3 is 10.6 Å². The maximum absolute atomic E-state index is 12.3. The van der Waals surface area contributed by atoms with Crippen LogP contribution in [0.5, 0.6) is 0 Å². The molecule has 1 aliphatic rings. The number of hydrogen-bond donors (Lipinski definition) is 1. The summed E-state index contributed by atoms with van der Waals surface area (Å²) in [5.41, 5.74) is 5.67.